The number of halogens is 3. The van der Waals surface area contributed by atoms with Crippen LogP contribution in [0.4, 0.5) is 18.9 Å². The van der Waals surface area contributed by atoms with Gasteiger partial charge in [0, 0.05) is 23.6 Å². The van der Waals surface area contributed by atoms with Crippen LogP contribution >= 0.6 is 0 Å². The third kappa shape index (κ3) is 3.57. The van der Waals surface area contributed by atoms with Gasteiger partial charge in [-0.1, -0.05) is 18.2 Å². The number of nitrogens with one attached hydrogen (secondary N) is 1. The first-order valence-electron chi connectivity index (χ1n) is 5.94. The standard InChI is InChI=1S/C14H11F3N2O2/c15-14(16,17)12(20)10-5-1-2-6-11(10)19-13(21)9-4-3-7-18-8-9/h1-8,12,20H,(H,19,21). The lowest BCUT2D eigenvalue weighted by atomic mass is 10.1. The van der Waals surface area contributed by atoms with Gasteiger partial charge < -0.3 is 10.4 Å². The molecule has 7 heteroatoms. The van der Waals surface area contributed by atoms with Crippen LogP contribution in [0.5, 0.6) is 0 Å². The number of alkyl halides is 3. The van der Waals surface area contributed by atoms with E-state index in [4.69, 9.17) is 0 Å². The third-order valence-electron chi connectivity index (χ3n) is 2.74. The largest absolute Gasteiger partial charge is 0.418 e. The van der Waals surface area contributed by atoms with Crippen molar-refractivity contribution in [3.63, 3.8) is 0 Å². The molecule has 2 aromatic rings. The van der Waals surface area contributed by atoms with Crippen LogP contribution in [0.25, 0.3) is 0 Å². The molecule has 21 heavy (non-hydrogen) atoms. The number of pyridine rings is 1. The second-order valence-corrected chi connectivity index (χ2v) is 4.23. The maximum Gasteiger partial charge on any atom is 0.418 e. The first kappa shape index (κ1) is 15.0. The summed E-state index contributed by atoms with van der Waals surface area (Å²) >= 11 is 0. The molecule has 0 aliphatic rings. The summed E-state index contributed by atoms with van der Waals surface area (Å²) in [6, 6.07) is 8.22. The van der Waals surface area contributed by atoms with E-state index in [1.54, 1.807) is 0 Å². The van der Waals surface area contributed by atoms with E-state index in [1.165, 1.54) is 42.7 Å². The molecule has 1 heterocycles. The van der Waals surface area contributed by atoms with E-state index in [0.717, 1.165) is 6.07 Å². The van der Waals surface area contributed by atoms with Gasteiger partial charge in [-0.2, -0.15) is 13.2 Å². The van der Waals surface area contributed by atoms with Crippen molar-refractivity contribution in [1.82, 2.24) is 4.98 Å². The fraction of sp³-hybridized carbons (Fsp3) is 0.143. The Morgan fingerprint density at radius 2 is 1.90 bits per heavy atom. The molecular weight excluding hydrogens is 285 g/mol. The Labute approximate surface area is 118 Å². The van der Waals surface area contributed by atoms with Crippen molar-refractivity contribution in [3.05, 3.63) is 59.9 Å². The number of rotatable bonds is 3. The summed E-state index contributed by atoms with van der Waals surface area (Å²) in [5.74, 6) is -0.607. The predicted octanol–water partition coefficient (Wildman–Crippen LogP) is 2.93. The molecule has 2 N–H and O–H groups in total. The highest BCUT2D eigenvalue weighted by molar-refractivity contribution is 6.04. The number of carbonyl (C=O) groups excluding carboxylic acids is 1. The van der Waals surface area contributed by atoms with Crippen molar-refractivity contribution in [1.29, 1.82) is 0 Å². The van der Waals surface area contributed by atoms with Crippen molar-refractivity contribution >= 4 is 11.6 Å². The fourth-order valence-corrected chi connectivity index (χ4v) is 1.72. The van der Waals surface area contributed by atoms with Crippen LogP contribution in [0.1, 0.15) is 22.0 Å². The minimum absolute atomic E-state index is 0.101. The summed E-state index contributed by atoms with van der Waals surface area (Å²) < 4.78 is 37.8. The lowest BCUT2D eigenvalue weighted by molar-refractivity contribution is -0.206. The minimum Gasteiger partial charge on any atom is -0.379 e. The maximum absolute atomic E-state index is 12.6. The Kier molecular flexibility index (Phi) is 4.23. The Morgan fingerprint density at radius 1 is 1.19 bits per heavy atom. The highest BCUT2D eigenvalue weighted by atomic mass is 19.4. The lowest BCUT2D eigenvalue weighted by Crippen LogP contribution is -2.22. The third-order valence-corrected chi connectivity index (χ3v) is 2.74. The SMILES string of the molecule is O=C(Nc1ccccc1C(O)C(F)(F)F)c1cccnc1. The van der Waals surface area contributed by atoms with E-state index < -0.39 is 23.8 Å². The highest BCUT2D eigenvalue weighted by Crippen LogP contribution is 2.36. The number of hydrogen-bond donors (Lipinski definition) is 2. The number of para-hydroxylation sites is 1. The number of carbonyl (C=O) groups is 1. The number of aliphatic hydroxyl groups is 1. The average molecular weight is 296 g/mol. The normalized spacial score (nSPS) is 12.8. The van der Waals surface area contributed by atoms with Crippen molar-refractivity contribution in [2.24, 2.45) is 0 Å². The van der Waals surface area contributed by atoms with Crippen LogP contribution in [0.3, 0.4) is 0 Å². The van der Waals surface area contributed by atoms with E-state index in [0.29, 0.717) is 0 Å². The topological polar surface area (TPSA) is 62.2 Å². The van der Waals surface area contributed by atoms with Crippen LogP contribution in [-0.2, 0) is 0 Å². The van der Waals surface area contributed by atoms with Crippen molar-refractivity contribution < 1.29 is 23.1 Å². The molecule has 0 saturated carbocycles. The summed E-state index contributed by atoms with van der Waals surface area (Å²) in [4.78, 5) is 15.7. The monoisotopic (exact) mass is 296 g/mol. The van der Waals surface area contributed by atoms with Gasteiger partial charge in [-0.3, -0.25) is 9.78 Å². The molecule has 0 radical (unpaired) electrons. The molecule has 0 aliphatic heterocycles. The Morgan fingerprint density at radius 3 is 2.52 bits per heavy atom. The number of aliphatic hydroxyl groups excluding tert-OH is 1. The number of aromatic nitrogens is 1. The van der Waals surface area contributed by atoms with Gasteiger partial charge in [-0.15, -0.1) is 0 Å². The van der Waals surface area contributed by atoms with E-state index in [1.807, 2.05) is 0 Å². The van der Waals surface area contributed by atoms with Gasteiger partial charge in [-0.25, -0.2) is 0 Å². The fourth-order valence-electron chi connectivity index (χ4n) is 1.72. The molecule has 1 unspecified atom stereocenters. The second kappa shape index (κ2) is 5.92. The van der Waals surface area contributed by atoms with E-state index >= 15 is 0 Å². The zero-order chi connectivity index (χ0) is 15.5. The van der Waals surface area contributed by atoms with Crippen LogP contribution in [0, 0.1) is 0 Å². The molecule has 4 nitrogen and oxygen atoms in total. The number of nitrogens with zero attached hydrogens (tertiary/aromatic N) is 1. The molecule has 1 atom stereocenters. The molecule has 0 fully saturated rings. The van der Waals surface area contributed by atoms with Gasteiger partial charge in [0.15, 0.2) is 6.10 Å². The highest BCUT2D eigenvalue weighted by Gasteiger charge is 2.40. The van der Waals surface area contributed by atoms with Gasteiger partial charge in [0.25, 0.3) is 5.91 Å². The van der Waals surface area contributed by atoms with Gasteiger partial charge in [0.2, 0.25) is 0 Å². The molecular formula is C14H11F3N2O2. The minimum atomic E-state index is -4.81. The summed E-state index contributed by atoms with van der Waals surface area (Å²) in [5, 5.41) is 11.7. The number of amides is 1. The van der Waals surface area contributed by atoms with Crippen molar-refractivity contribution in [2.75, 3.05) is 5.32 Å². The van der Waals surface area contributed by atoms with Crippen LogP contribution < -0.4 is 5.32 Å². The summed E-state index contributed by atoms with van der Waals surface area (Å²) in [7, 11) is 0. The number of anilines is 1. The Bertz CT molecular complexity index is 630. The van der Waals surface area contributed by atoms with Crippen molar-refractivity contribution in [2.45, 2.75) is 12.3 Å². The Balaban J connectivity index is 2.27. The number of hydrogen-bond acceptors (Lipinski definition) is 3. The van der Waals surface area contributed by atoms with Gasteiger partial charge in [-0.05, 0) is 18.2 Å². The molecule has 1 amide bonds. The molecule has 1 aromatic heterocycles. The van der Waals surface area contributed by atoms with Crippen LogP contribution in [0.15, 0.2) is 48.8 Å². The molecule has 2 rings (SSSR count). The molecule has 0 saturated heterocycles. The average Bonchev–Trinajstić information content (AvgIpc) is 2.47. The molecule has 0 aliphatic carbocycles. The molecule has 0 bridgehead atoms. The molecule has 110 valence electrons. The van der Waals surface area contributed by atoms with Crippen LogP contribution in [0.2, 0.25) is 0 Å². The first-order chi connectivity index (χ1) is 9.89. The first-order valence-corrected chi connectivity index (χ1v) is 5.94. The van der Waals surface area contributed by atoms with E-state index in [9.17, 15) is 23.1 Å². The van der Waals surface area contributed by atoms with Gasteiger partial charge in [0.1, 0.15) is 0 Å². The van der Waals surface area contributed by atoms with E-state index in [2.05, 4.69) is 10.3 Å². The quantitative estimate of drug-likeness (QED) is 0.915. The Hall–Kier alpha value is -2.41. The van der Waals surface area contributed by atoms with Gasteiger partial charge >= 0.3 is 6.18 Å². The van der Waals surface area contributed by atoms with Crippen LogP contribution in [-0.4, -0.2) is 22.2 Å². The summed E-state index contributed by atoms with van der Waals surface area (Å²) in [6.07, 6.45) is -4.71. The molecule has 0 spiro atoms. The summed E-state index contributed by atoms with van der Waals surface area (Å²) in [6.45, 7) is 0. The lowest BCUT2D eigenvalue weighted by Gasteiger charge is -2.18. The smallest absolute Gasteiger partial charge is 0.379 e. The zero-order valence-corrected chi connectivity index (χ0v) is 10.6. The van der Waals surface area contributed by atoms with Crippen molar-refractivity contribution in [3.8, 4) is 0 Å². The van der Waals surface area contributed by atoms with E-state index in [-0.39, 0.29) is 11.3 Å². The molecule has 1 aromatic carbocycles. The predicted molar refractivity (Wildman–Crippen MR) is 69.6 cm³/mol. The maximum atomic E-state index is 12.6. The second-order valence-electron chi connectivity index (χ2n) is 4.23. The zero-order valence-electron chi connectivity index (χ0n) is 10.6. The number of benzene rings is 1. The van der Waals surface area contributed by atoms with Gasteiger partial charge in [0.05, 0.1) is 5.56 Å². The summed E-state index contributed by atoms with van der Waals surface area (Å²) in [5.41, 5.74) is -0.313.